The molecule has 0 aliphatic carbocycles. The third-order valence-electron chi connectivity index (χ3n) is 4.59. The second-order valence-corrected chi connectivity index (χ2v) is 6.51. The van der Waals surface area contributed by atoms with Crippen LogP contribution in [0.5, 0.6) is 0 Å². The molecule has 0 saturated carbocycles. The molecule has 2 aliphatic heterocycles. The molecule has 2 saturated heterocycles. The number of urea groups is 1. The molecular formula is C17H19F2N3O4. The van der Waals surface area contributed by atoms with Gasteiger partial charge in [0.15, 0.2) is 0 Å². The van der Waals surface area contributed by atoms with E-state index in [0.717, 1.165) is 31.0 Å². The van der Waals surface area contributed by atoms with Crippen LogP contribution in [0.3, 0.4) is 0 Å². The molecule has 0 spiro atoms. The Balaban J connectivity index is 1.70. The summed E-state index contributed by atoms with van der Waals surface area (Å²) in [7, 11) is 0. The van der Waals surface area contributed by atoms with Crippen LogP contribution in [0.25, 0.3) is 0 Å². The summed E-state index contributed by atoms with van der Waals surface area (Å²) in [5, 5.41) is 4.95. The molecular weight excluding hydrogens is 348 g/mol. The van der Waals surface area contributed by atoms with E-state index in [1.807, 2.05) is 0 Å². The van der Waals surface area contributed by atoms with Gasteiger partial charge in [-0.05, 0) is 38.0 Å². The van der Waals surface area contributed by atoms with E-state index < -0.39 is 41.6 Å². The Labute approximate surface area is 148 Å². The van der Waals surface area contributed by atoms with E-state index in [0.29, 0.717) is 11.5 Å². The van der Waals surface area contributed by atoms with Gasteiger partial charge in [0.2, 0.25) is 5.91 Å². The second-order valence-electron chi connectivity index (χ2n) is 6.51. The molecule has 1 aromatic carbocycles. The average Bonchev–Trinajstić information content (AvgIpc) is 3.18. The highest BCUT2D eigenvalue weighted by Gasteiger charge is 2.50. The van der Waals surface area contributed by atoms with E-state index in [2.05, 4.69) is 10.6 Å². The number of carbonyl (C=O) groups is 3. The number of ether oxygens (including phenoxy) is 1. The number of imide groups is 1. The van der Waals surface area contributed by atoms with Gasteiger partial charge in [0.25, 0.3) is 5.91 Å². The van der Waals surface area contributed by atoms with Gasteiger partial charge in [-0.15, -0.1) is 0 Å². The molecule has 0 aromatic heterocycles. The normalized spacial score (nSPS) is 25.5. The van der Waals surface area contributed by atoms with Crippen molar-refractivity contribution in [3.63, 3.8) is 0 Å². The molecule has 3 rings (SSSR count). The zero-order valence-electron chi connectivity index (χ0n) is 14.2. The summed E-state index contributed by atoms with van der Waals surface area (Å²) in [6.07, 6.45) is 1.68. The highest BCUT2D eigenvalue weighted by Crippen LogP contribution is 2.31. The fourth-order valence-electron chi connectivity index (χ4n) is 3.14. The fraction of sp³-hybridized carbons (Fsp3) is 0.471. The van der Waals surface area contributed by atoms with Gasteiger partial charge >= 0.3 is 6.03 Å². The van der Waals surface area contributed by atoms with Crippen LogP contribution < -0.4 is 10.6 Å². The minimum absolute atomic E-state index is 0.0753. The van der Waals surface area contributed by atoms with Gasteiger partial charge in [-0.25, -0.2) is 13.6 Å². The fourth-order valence-corrected chi connectivity index (χ4v) is 3.14. The van der Waals surface area contributed by atoms with Gasteiger partial charge in [-0.3, -0.25) is 14.5 Å². The van der Waals surface area contributed by atoms with Gasteiger partial charge in [-0.1, -0.05) is 0 Å². The van der Waals surface area contributed by atoms with Crippen LogP contribution in [0.1, 0.15) is 25.3 Å². The van der Waals surface area contributed by atoms with E-state index in [1.54, 1.807) is 0 Å². The van der Waals surface area contributed by atoms with Crippen molar-refractivity contribution < 1.29 is 27.9 Å². The summed E-state index contributed by atoms with van der Waals surface area (Å²) in [4.78, 5) is 37.5. The number of hydrogen-bond acceptors (Lipinski definition) is 4. The van der Waals surface area contributed by atoms with Crippen LogP contribution in [-0.4, -0.2) is 48.5 Å². The first-order chi connectivity index (χ1) is 12.3. The molecule has 26 heavy (non-hydrogen) atoms. The summed E-state index contributed by atoms with van der Waals surface area (Å²) >= 11 is 0. The maximum atomic E-state index is 14.1. The van der Waals surface area contributed by atoms with Crippen LogP contribution in [-0.2, 0) is 19.9 Å². The van der Waals surface area contributed by atoms with Gasteiger partial charge < -0.3 is 15.4 Å². The molecule has 2 aliphatic rings. The highest BCUT2D eigenvalue weighted by molar-refractivity contribution is 6.09. The quantitative estimate of drug-likeness (QED) is 0.761. The van der Waals surface area contributed by atoms with E-state index in [-0.39, 0.29) is 18.2 Å². The number of carbonyl (C=O) groups excluding carboxylic acids is 3. The van der Waals surface area contributed by atoms with E-state index in [9.17, 15) is 23.2 Å². The van der Waals surface area contributed by atoms with Gasteiger partial charge in [0.05, 0.1) is 6.10 Å². The number of halogens is 2. The van der Waals surface area contributed by atoms with E-state index in [1.165, 1.54) is 6.92 Å². The van der Waals surface area contributed by atoms with Crippen molar-refractivity contribution in [3.05, 3.63) is 35.4 Å². The number of hydrogen-bond donors (Lipinski definition) is 2. The summed E-state index contributed by atoms with van der Waals surface area (Å²) < 4.78 is 32.9. The number of rotatable bonds is 5. The predicted octanol–water partition coefficient (Wildman–Crippen LogP) is 1.03. The Kier molecular flexibility index (Phi) is 4.90. The lowest BCUT2D eigenvalue weighted by Gasteiger charge is -2.22. The Morgan fingerprint density at radius 3 is 2.88 bits per heavy atom. The molecule has 0 bridgehead atoms. The molecule has 2 atom stereocenters. The molecule has 0 radical (unpaired) electrons. The zero-order valence-corrected chi connectivity index (χ0v) is 14.2. The van der Waals surface area contributed by atoms with Crippen molar-refractivity contribution in [1.29, 1.82) is 0 Å². The first-order valence-electron chi connectivity index (χ1n) is 8.29. The Morgan fingerprint density at radius 1 is 1.42 bits per heavy atom. The van der Waals surface area contributed by atoms with Crippen molar-refractivity contribution in [1.82, 2.24) is 15.5 Å². The molecule has 2 fully saturated rings. The van der Waals surface area contributed by atoms with Crippen molar-refractivity contribution in [2.75, 3.05) is 19.7 Å². The maximum absolute atomic E-state index is 14.1. The van der Waals surface area contributed by atoms with Crippen molar-refractivity contribution in [2.45, 2.75) is 31.4 Å². The third kappa shape index (κ3) is 3.39. The SMILES string of the molecule is C[C@@]1(c2cc(F)ccc2F)NC(=O)N(CC(=O)NC[C@@H]2CCCO2)C1=O. The zero-order chi connectivity index (χ0) is 18.9. The largest absolute Gasteiger partial charge is 0.376 e. The second kappa shape index (κ2) is 6.99. The lowest BCUT2D eigenvalue weighted by atomic mass is 9.91. The lowest BCUT2D eigenvalue weighted by molar-refractivity contribution is -0.135. The van der Waals surface area contributed by atoms with Gasteiger partial charge in [-0.2, -0.15) is 0 Å². The predicted molar refractivity (Wildman–Crippen MR) is 85.9 cm³/mol. The number of amides is 4. The molecule has 9 heteroatoms. The molecule has 7 nitrogen and oxygen atoms in total. The first kappa shape index (κ1) is 18.2. The monoisotopic (exact) mass is 367 g/mol. The van der Waals surface area contributed by atoms with Crippen molar-refractivity contribution in [3.8, 4) is 0 Å². The molecule has 2 heterocycles. The Bertz CT molecular complexity index is 752. The summed E-state index contributed by atoms with van der Waals surface area (Å²) in [6.45, 7) is 1.70. The van der Waals surface area contributed by atoms with Crippen LogP contribution in [0.15, 0.2) is 18.2 Å². The smallest absolute Gasteiger partial charge is 0.325 e. The number of nitrogens with zero attached hydrogens (tertiary/aromatic N) is 1. The summed E-state index contributed by atoms with van der Waals surface area (Å²) in [5.41, 5.74) is -2.07. The molecule has 0 unspecified atom stereocenters. The topological polar surface area (TPSA) is 87.7 Å². The van der Waals surface area contributed by atoms with Crippen LogP contribution in [0.4, 0.5) is 13.6 Å². The maximum Gasteiger partial charge on any atom is 0.325 e. The standard InChI is InChI=1S/C17H19F2N3O4/c1-17(12-7-10(18)4-5-13(12)19)15(24)22(16(25)21-17)9-14(23)20-8-11-3-2-6-26-11/h4-5,7,11H,2-3,6,8-9H2,1H3,(H,20,23)(H,21,25)/t11-,17-/m0/s1. The minimum atomic E-state index is -1.78. The van der Waals surface area contributed by atoms with E-state index in [4.69, 9.17) is 4.74 Å². The summed E-state index contributed by atoms with van der Waals surface area (Å²) in [5.74, 6) is -2.92. The molecule has 2 N–H and O–H groups in total. The lowest BCUT2D eigenvalue weighted by Crippen LogP contribution is -2.44. The van der Waals surface area contributed by atoms with Crippen LogP contribution >= 0.6 is 0 Å². The molecule has 140 valence electrons. The molecule has 1 aromatic rings. The van der Waals surface area contributed by atoms with Crippen molar-refractivity contribution in [2.24, 2.45) is 0 Å². The van der Waals surface area contributed by atoms with E-state index >= 15 is 0 Å². The number of benzene rings is 1. The van der Waals surface area contributed by atoms with Crippen LogP contribution in [0, 0.1) is 11.6 Å². The average molecular weight is 367 g/mol. The van der Waals surface area contributed by atoms with Gasteiger partial charge in [0, 0.05) is 18.7 Å². The first-order valence-corrected chi connectivity index (χ1v) is 8.29. The minimum Gasteiger partial charge on any atom is -0.376 e. The van der Waals surface area contributed by atoms with Gasteiger partial charge in [0.1, 0.15) is 23.7 Å². The third-order valence-corrected chi connectivity index (χ3v) is 4.59. The van der Waals surface area contributed by atoms with Crippen LogP contribution in [0.2, 0.25) is 0 Å². The summed E-state index contributed by atoms with van der Waals surface area (Å²) in [6, 6.07) is 1.81. The van der Waals surface area contributed by atoms with Crippen molar-refractivity contribution >= 4 is 17.8 Å². The highest BCUT2D eigenvalue weighted by atomic mass is 19.1. The Morgan fingerprint density at radius 2 is 2.19 bits per heavy atom. The molecule has 4 amide bonds. The number of nitrogens with one attached hydrogen (secondary N) is 2. The Hall–Kier alpha value is -2.55.